The van der Waals surface area contributed by atoms with E-state index in [4.69, 9.17) is 4.74 Å². The smallest absolute Gasteiger partial charge is 0.291 e. The Hall–Kier alpha value is -3.81. The Balaban J connectivity index is 1.60. The van der Waals surface area contributed by atoms with Gasteiger partial charge < -0.3 is 15.0 Å². The molecule has 0 fully saturated rings. The van der Waals surface area contributed by atoms with E-state index in [9.17, 15) is 9.59 Å². The maximum Gasteiger partial charge on any atom is 0.291 e. The molecule has 0 spiro atoms. The van der Waals surface area contributed by atoms with Gasteiger partial charge >= 0.3 is 0 Å². The number of fused-ring (bicyclic) bond motifs is 3. The predicted molar refractivity (Wildman–Crippen MR) is 126 cm³/mol. The van der Waals surface area contributed by atoms with Crippen molar-refractivity contribution in [3.63, 3.8) is 0 Å². The Morgan fingerprint density at radius 2 is 1.88 bits per heavy atom. The average Bonchev–Trinajstić information content (AvgIpc) is 3.20. The number of aryl methyl sites for hydroxylation is 1. The van der Waals surface area contributed by atoms with Gasteiger partial charge in [0.15, 0.2) is 0 Å². The number of methoxy groups -OCH3 is 1. The van der Waals surface area contributed by atoms with Crippen LogP contribution in [0.25, 0.3) is 16.4 Å². The molecule has 1 amide bonds. The van der Waals surface area contributed by atoms with E-state index >= 15 is 0 Å². The second-order valence-electron chi connectivity index (χ2n) is 7.83. The molecule has 2 heterocycles. The lowest BCUT2D eigenvalue weighted by Crippen LogP contribution is -2.35. The number of rotatable bonds is 7. The molecule has 0 aliphatic carbocycles. The zero-order valence-corrected chi connectivity index (χ0v) is 18.8. The number of hydrogen-bond acceptors (Lipinski definition) is 5. The van der Waals surface area contributed by atoms with Crippen molar-refractivity contribution in [1.82, 2.24) is 19.5 Å². The van der Waals surface area contributed by atoms with Crippen LogP contribution in [-0.4, -0.2) is 41.3 Å². The number of ether oxygens (including phenoxy) is 1. The van der Waals surface area contributed by atoms with Crippen molar-refractivity contribution in [2.75, 3.05) is 26.1 Å². The van der Waals surface area contributed by atoms with Crippen LogP contribution in [0.3, 0.4) is 0 Å². The molecular weight excluding hydrogens is 406 g/mol. The van der Waals surface area contributed by atoms with Gasteiger partial charge in [-0.2, -0.15) is 5.10 Å². The topological polar surface area (TPSA) is 80.9 Å². The summed E-state index contributed by atoms with van der Waals surface area (Å²) in [5, 5.41) is 8.20. The molecule has 0 atom stereocenters. The fourth-order valence-corrected chi connectivity index (χ4v) is 3.82. The van der Waals surface area contributed by atoms with Crippen LogP contribution in [0.5, 0.6) is 5.75 Å². The quantitative estimate of drug-likeness (QED) is 0.485. The van der Waals surface area contributed by atoms with Crippen LogP contribution in [0.2, 0.25) is 0 Å². The highest BCUT2D eigenvalue weighted by atomic mass is 16.5. The fraction of sp³-hybridized carbons (Fsp3) is 0.292. The molecule has 8 nitrogen and oxygen atoms in total. The number of anilines is 1. The molecule has 0 saturated carbocycles. The van der Waals surface area contributed by atoms with Crippen LogP contribution in [0.15, 0.2) is 53.3 Å². The summed E-state index contributed by atoms with van der Waals surface area (Å²) >= 11 is 0. The Bertz CT molecular complexity index is 1340. The van der Waals surface area contributed by atoms with E-state index in [1.165, 1.54) is 4.68 Å². The number of hydrogen-bond donors (Lipinski definition) is 1. The maximum absolute atomic E-state index is 13.1. The molecule has 0 aliphatic heterocycles. The van der Waals surface area contributed by atoms with Gasteiger partial charge in [0.1, 0.15) is 23.6 Å². The van der Waals surface area contributed by atoms with Gasteiger partial charge in [-0.25, -0.2) is 4.68 Å². The van der Waals surface area contributed by atoms with Gasteiger partial charge in [-0.15, -0.1) is 0 Å². The SMILES string of the molecule is CCc1nn(CC(=O)NCc2ccc(N(C)C)cc2)c(=O)c2cc3c(OC)cccc3n12. The summed E-state index contributed by atoms with van der Waals surface area (Å²) in [6, 6.07) is 15.4. The summed E-state index contributed by atoms with van der Waals surface area (Å²) < 4.78 is 8.54. The van der Waals surface area contributed by atoms with E-state index in [-0.39, 0.29) is 18.0 Å². The molecule has 166 valence electrons. The van der Waals surface area contributed by atoms with Gasteiger partial charge in [0.2, 0.25) is 5.91 Å². The lowest BCUT2D eigenvalue weighted by atomic mass is 10.2. The van der Waals surface area contributed by atoms with Gasteiger partial charge in [-0.3, -0.25) is 14.0 Å². The van der Waals surface area contributed by atoms with E-state index in [1.54, 1.807) is 13.2 Å². The van der Waals surface area contributed by atoms with Crippen molar-refractivity contribution in [3.05, 3.63) is 70.3 Å². The highest BCUT2D eigenvalue weighted by Crippen LogP contribution is 2.28. The molecule has 0 unspecified atom stereocenters. The molecule has 4 aromatic rings. The first-order chi connectivity index (χ1) is 15.4. The van der Waals surface area contributed by atoms with Crippen LogP contribution in [0.4, 0.5) is 5.69 Å². The van der Waals surface area contributed by atoms with Gasteiger partial charge in [-0.1, -0.05) is 25.1 Å². The van der Waals surface area contributed by atoms with E-state index < -0.39 is 0 Å². The maximum atomic E-state index is 13.1. The lowest BCUT2D eigenvalue weighted by Gasteiger charge is -2.13. The van der Waals surface area contributed by atoms with Crippen molar-refractivity contribution >= 4 is 28.0 Å². The van der Waals surface area contributed by atoms with Crippen LogP contribution in [-0.2, 0) is 24.3 Å². The van der Waals surface area contributed by atoms with E-state index in [1.807, 2.05) is 72.8 Å². The van der Waals surface area contributed by atoms with Gasteiger partial charge in [-0.05, 0) is 35.9 Å². The second-order valence-corrected chi connectivity index (χ2v) is 7.83. The molecule has 0 radical (unpaired) electrons. The Morgan fingerprint density at radius 1 is 1.12 bits per heavy atom. The number of carbonyl (C=O) groups excluding carboxylic acids is 1. The standard InChI is InChI=1S/C24H27N5O3/c1-5-22-26-28(15-23(30)25-14-16-9-11-17(12-10-16)27(2)3)24(31)20-13-18-19(29(20)22)7-6-8-21(18)32-4/h6-13H,5,14-15H2,1-4H3,(H,25,30). The number of aromatic nitrogens is 3. The monoisotopic (exact) mass is 433 g/mol. The van der Waals surface area contributed by atoms with Crippen LogP contribution in [0, 0.1) is 0 Å². The first kappa shape index (κ1) is 21.4. The van der Waals surface area contributed by atoms with Crippen molar-refractivity contribution in [2.45, 2.75) is 26.4 Å². The van der Waals surface area contributed by atoms with Gasteiger partial charge in [0, 0.05) is 38.1 Å². The molecule has 2 aromatic heterocycles. The summed E-state index contributed by atoms with van der Waals surface area (Å²) in [5.74, 6) is 1.13. The number of nitrogens with zero attached hydrogens (tertiary/aromatic N) is 4. The van der Waals surface area contributed by atoms with Crippen LogP contribution < -0.4 is 20.5 Å². The first-order valence-corrected chi connectivity index (χ1v) is 10.5. The molecular formula is C24H27N5O3. The Morgan fingerprint density at radius 3 is 2.53 bits per heavy atom. The van der Waals surface area contributed by atoms with Crippen molar-refractivity contribution < 1.29 is 9.53 Å². The number of carbonyl (C=O) groups is 1. The zero-order chi connectivity index (χ0) is 22.8. The second kappa shape index (κ2) is 8.74. The highest BCUT2D eigenvalue weighted by molar-refractivity contribution is 5.92. The summed E-state index contributed by atoms with van der Waals surface area (Å²) in [5.41, 5.74) is 3.10. The van der Waals surface area contributed by atoms with E-state index in [0.717, 1.165) is 22.2 Å². The third-order valence-electron chi connectivity index (χ3n) is 5.53. The van der Waals surface area contributed by atoms with Crippen molar-refractivity contribution in [2.24, 2.45) is 0 Å². The zero-order valence-electron chi connectivity index (χ0n) is 18.8. The van der Waals surface area contributed by atoms with E-state index in [2.05, 4.69) is 10.4 Å². The lowest BCUT2D eigenvalue weighted by molar-refractivity contribution is -0.122. The third-order valence-corrected chi connectivity index (χ3v) is 5.53. The number of benzene rings is 2. The summed E-state index contributed by atoms with van der Waals surface area (Å²) in [4.78, 5) is 27.7. The van der Waals surface area contributed by atoms with Gasteiger partial charge in [0.05, 0.1) is 12.6 Å². The molecule has 2 aromatic carbocycles. The molecule has 0 bridgehead atoms. The minimum absolute atomic E-state index is 0.142. The normalized spacial score (nSPS) is 11.1. The Kier molecular flexibility index (Phi) is 5.85. The third kappa shape index (κ3) is 3.91. The molecule has 32 heavy (non-hydrogen) atoms. The first-order valence-electron chi connectivity index (χ1n) is 10.5. The number of nitrogens with one attached hydrogen (secondary N) is 1. The largest absolute Gasteiger partial charge is 0.496 e. The Labute approximate surface area is 186 Å². The minimum Gasteiger partial charge on any atom is -0.496 e. The molecule has 0 aliphatic rings. The average molecular weight is 434 g/mol. The summed E-state index contributed by atoms with van der Waals surface area (Å²) in [7, 11) is 5.56. The summed E-state index contributed by atoms with van der Waals surface area (Å²) in [6.45, 7) is 2.22. The minimum atomic E-state index is -0.314. The fourth-order valence-electron chi connectivity index (χ4n) is 3.82. The molecule has 8 heteroatoms. The van der Waals surface area contributed by atoms with Crippen LogP contribution >= 0.6 is 0 Å². The summed E-state index contributed by atoms with van der Waals surface area (Å²) in [6.07, 6.45) is 0.609. The predicted octanol–water partition coefficient (Wildman–Crippen LogP) is 2.60. The molecule has 1 N–H and O–H groups in total. The van der Waals surface area contributed by atoms with Gasteiger partial charge in [0.25, 0.3) is 5.56 Å². The molecule has 4 rings (SSSR count). The highest BCUT2D eigenvalue weighted by Gasteiger charge is 2.17. The van der Waals surface area contributed by atoms with Crippen molar-refractivity contribution in [1.29, 1.82) is 0 Å². The molecule has 0 saturated heterocycles. The van der Waals surface area contributed by atoms with Crippen molar-refractivity contribution in [3.8, 4) is 5.75 Å². The van der Waals surface area contributed by atoms with Crippen LogP contribution in [0.1, 0.15) is 18.3 Å². The number of amides is 1. The van der Waals surface area contributed by atoms with E-state index in [0.29, 0.717) is 30.1 Å².